The molecule has 2 aliphatic rings. The lowest BCUT2D eigenvalue weighted by molar-refractivity contribution is -0.118. The summed E-state index contributed by atoms with van der Waals surface area (Å²) in [6.07, 6.45) is 6.69. The lowest BCUT2D eigenvalue weighted by atomic mass is 10.0. The number of hydrogen-bond acceptors (Lipinski definition) is 11. The van der Waals surface area contributed by atoms with Gasteiger partial charge in [0.2, 0.25) is 0 Å². The van der Waals surface area contributed by atoms with Gasteiger partial charge in [-0.05, 0) is 35.4 Å². The third kappa shape index (κ3) is 5.03. The molecule has 0 N–H and O–H groups in total. The van der Waals surface area contributed by atoms with Gasteiger partial charge in [0.15, 0.2) is 17.4 Å². The van der Waals surface area contributed by atoms with Gasteiger partial charge in [0, 0.05) is 48.8 Å². The Labute approximate surface area is 256 Å². The standard InChI is InChI=1S/C27H22Br2N6O3S2/c1-37-13-34-17-11-15(3-5-19(17)39-26-24(34)30-7-9-32-26)21(28)23(36)22(29)16-4-6-20-18(12-16)35(14-38-2)25-27(40-20)33-10-8-31-25/h3-12,21-22H,13-14H2,1-2H3. The smallest absolute Gasteiger partial charge is 0.168 e. The predicted octanol–water partition coefficient (Wildman–Crippen LogP) is 6.82. The van der Waals surface area contributed by atoms with Crippen LogP contribution in [0, 0.1) is 0 Å². The molecule has 13 heteroatoms. The third-order valence-corrected chi connectivity index (χ3v) is 10.4. The first kappa shape index (κ1) is 27.6. The van der Waals surface area contributed by atoms with Crippen LogP contribution in [0.5, 0.6) is 0 Å². The van der Waals surface area contributed by atoms with Crippen molar-refractivity contribution in [1.29, 1.82) is 0 Å². The van der Waals surface area contributed by atoms with Crippen molar-refractivity contribution in [3.8, 4) is 0 Å². The molecule has 2 aromatic heterocycles. The van der Waals surface area contributed by atoms with Crippen LogP contribution in [0.4, 0.5) is 23.0 Å². The SMILES string of the molecule is COCN1c2cc(C(Br)C(=O)C(Br)c3ccc4c(c3)N(COC)c3nccnc3S4)ccc2Sc2nccnc21. The number of alkyl halides is 2. The van der Waals surface area contributed by atoms with E-state index < -0.39 is 9.65 Å². The highest BCUT2D eigenvalue weighted by molar-refractivity contribution is 9.10. The van der Waals surface area contributed by atoms with Crippen molar-refractivity contribution in [2.24, 2.45) is 0 Å². The van der Waals surface area contributed by atoms with Gasteiger partial charge in [0.25, 0.3) is 0 Å². The van der Waals surface area contributed by atoms with Crippen LogP contribution in [-0.2, 0) is 14.3 Å². The molecule has 0 bridgehead atoms. The Morgan fingerprint density at radius 2 is 1.18 bits per heavy atom. The Hall–Kier alpha value is -2.55. The predicted molar refractivity (Wildman–Crippen MR) is 162 cm³/mol. The maximum absolute atomic E-state index is 13.8. The lowest BCUT2D eigenvalue weighted by Gasteiger charge is -2.31. The second-order valence-electron chi connectivity index (χ2n) is 8.85. The van der Waals surface area contributed by atoms with Crippen molar-refractivity contribution >= 4 is 84.2 Å². The zero-order valence-electron chi connectivity index (χ0n) is 21.3. The number of Topliss-reactive ketones (excluding diaryl/α,β-unsaturated/α-hetero) is 1. The third-order valence-electron chi connectivity index (χ3n) is 6.37. The summed E-state index contributed by atoms with van der Waals surface area (Å²) in [6.45, 7) is 0.618. The number of aromatic nitrogens is 4. The van der Waals surface area contributed by atoms with Crippen molar-refractivity contribution in [3.05, 3.63) is 72.3 Å². The highest BCUT2D eigenvalue weighted by atomic mass is 79.9. The van der Waals surface area contributed by atoms with Crippen LogP contribution in [0.2, 0.25) is 0 Å². The van der Waals surface area contributed by atoms with E-state index in [2.05, 4.69) is 51.8 Å². The number of benzene rings is 2. The maximum atomic E-state index is 13.8. The normalized spacial score (nSPS) is 15.0. The summed E-state index contributed by atoms with van der Waals surface area (Å²) < 4.78 is 10.9. The zero-order chi connectivity index (χ0) is 27.8. The first-order valence-electron chi connectivity index (χ1n) is 12.1. The minimum absolute atomic E-state index is 0.0243. The molecule has 4 heterocycles. The molecular weight excluding hydrogens is 680 g/mol. The van der Waals surface area contributed by atoms with Gasteiger partial charge in [0.05, 0.1) is 21.0 Å². The fourth-order valence-corrected chi connectivity index (χ4v) is 7.97. The number of carbonyl (C=O) groups is 1. The topological polar surface area (TPSA) is 93.6 Å². The van der Waals surface area contributed by atoms with Crippen LogP contribution in [-0.4, -0.2) is 53.4 Å². The van der Waals surface area contributed by atoms with Crippen molar-refractivity contribution in [2.45, 2.75) is 29.5 Å². The summed E-state index contributed by atoms with van der Waals surface area (Å²) in [5.74, 6) is 1.44. The van der Waals surface area contributed by atoms with Crippen molar-refractivity contribution < 1.29 is 14.3 Å². The second-order valence-corrected chi connectivity index (χ2v) is 12.7. The number of methoxy groups -OCH3 is 2. The quantitative estimate of drug-likeness (QED) is 0.181. The van der Waals surface area contributed by atoms with Crippen molar-refractivity contribution in [1.82, 2.24) is 19.9 Å². The highest BCUT2D eigenvalue weighted by Crippen LogP contribution is 2.49. The lowest BCUT2D eigenvalue weighted by Crippen LogP contribution is -2.25. The molecule has 0 fully saturated rings. The van der Waals surface area contributed by atoms with Crippen LogP contribution in [0.25, 0.3) is 0 Å². The van der Waals surface area contributed by atoms with Gasteiger partial charge >= 0.3 is 0 Å². The Balaban J connectivity index is 1.28. The zero-order valence-corrected chi connectivity index (χ0v) is 26.1. The Morgan fingerprint density at radius 3 is 1.60 bits per heavy atom. The van der Waals surface area contributed by atoms with Gasteiger partial charge in [-0.2, -0.15) is 0 Å². The number of carbonyl (C=O) groups excluding carboxylic acids is 1. The Morgan fingerprint density at radius 1 is 0.750 bits per heavy atom. The molecule has 6 rings (SSSR count). The van der Waals surface area contributed by atoms with E-state index in [9.17, 15) is 4.79 Å². The van der Waals surface area contributed by atoms with E-state index in [1.807, 2.05) is 46.2 Å². The monoisotopic (exact) mass is 700 g/mol. The number of fused-ring (bicyclic) bond motifs is 4. The molecule has 0 saturated carbocycles. The first-order chi connectivity index (χ1) is 19.5. The molecule has 0 saturated heterocycles. The van der Waals surface area contributed by atoms with Gasteiger partial charge in [-0.1, -0.05) is 67.5 Å². The molecule has 2 aromatic carbocycles. The number of anilines is 4. The minimum atomic E-state index is -0.549. The largest absolute Gasteiger partial charge is 0.364 e. The van der Waals surface area contributed by atoms with E-state index in [0.29, 0.717) is 13.5 Å². The van der Waals surface area contributed by atoms with Crippen LogP contribution in [0.15, 0.2) is 81.0 Å². The molecule has 2 unspecified atom stereocenters. The summed E-state index contributed by atoms with van der Waals surface area (Å²) in [7, 11) is 3.28. The Kier molecular flexibility index (Phi) is 8.11. The number of nitrogens with zero attached hydrogens (tertiary/aromatic N) is 6. The van der Waals surface area contributed by atoms with E-state index in [0.717, 1.165) is 54.0 Å². The fourth-order valence-electron chi connectivity index (χ4n) is 4.54. The molecule has 0 aliphatic carbocycles. The molecule has 40 heavy (non-hydrogen) atoms. The van der Waals surface area contributed by atoms with Crippen molar-refractivity contribution in [2.75, 3.05) is 37.5 Å². The Bertz CT molecular complexity index is 1480. The average molecular weight is 702 g/mol. The minimum Gasteiger partial charge on any atom is -0.364 e. The van der Waals surface area contributed by atoms with E-state index in [1.165, 1.54) is 0 Å². The fraction of sp³-hybridized carbons (Fsp3) is 0.222. The summed E-state index contributed by atoms with van der Waals surface area (Å²) in [4.78, 5) is 36.6. The van der Waals surface area contributed by atoms with Gasteiger partial charge < -0.3 is 9.47 Å². The average Bonchev–Trinajstić information content (AvgIpc) is 2.99. The van der Waals surface area contributed by atoms with E-state index >= 15 is 0 Å². The van der Waals surface area contributed by atoms with Gasteiger partial charge in [0.1, 0.15) is 23.5 Å². The van der Waals surface area contributed by atoms with Gasteiger partial charge in [-0.15, -0.1) is 0 Å². The molecule has 0 amide bonds. The van der Waals surface area contributed by atoms with Crippen LogP contribution < -0.4 is 9.80 Å². The second kappa shape index (κ2) is 11.7. The maximum Gasteiger partial charge on any atom is 0.168 e. The highest BCUT2D eigenvalue weighted by Gasteiger charge is 2.32. The van der Waals surface area contributed by atoms with Crippen LogP contribution >= 0.6 is 55.4 Å². The molecule has 4 aromatic rings. The molecule has 2 aliphatic heterocycles. The molecule has 9 nitrogen and oxygen atoms in total. The number of ketones is 1. The number of hydrogen-bond donors (Lipinski definition) is 0. The molecule has 204 valence electrons. The van der Waals surface area contributed by atoms with Crippen LogP contribution in [0.3, 0.4) is 0 Å². The molecule has 0 spiro atoms. The summed E-state index contributed by atoms with van der Waals surface area (Å²) in [5.41, 5.74) is 3.50. The summed E-state index contributed by atoms with van der Waals surface area (Å²) in [5, 5.41) is 1.63. The molecule has 0 radical (unpaired) electrons. The number of halogens is 2. The van der Waals surface area contributed by atoms with Gasteiger partial charge in [-0.25, -0.2) is 19.9 Å². The van der Waals surface area contributed by atoms with Gasteiger partial charge in [-0.3, -0.25) is 14.6 Å². The van der Waals surface area contributed by atoms with E-state index in [1.54, 1.807) is 62.5 Å². The summed E-state index contributed by atoms with van der Waals surface area (Å²) >= 11 is 10.5. The summed E-state index contributed by atoms with van der Waals surface area (Å²) in [6, 6.07) is 12.0. The van der Waals surface area contributed by atoms with Crippen molar-refractivity contribution in [3.63, 3.8) is 0 Å². The van der Waals surface area contributed by atoms with E-state index in [4.69, 9.17) is 9.47 Å². The van der Waals surface area contributed by atoms with E-state index in [-0.39, 0.29) is 5.78 Å². The first-order valence-corrected chi connectivity index (χ1v) is 15.6. The van der Waals surface area contributed by atoms with Crippen LogP contribution in [0.1, 0.15) is 20.8 Å². The number of rotatable bonds is 8. The molecule has 2 atom stereocenters. The number of ether oxygens (including phenoxy) is 2. The molecular formula is C27H22Br2N6O3S2.